The molecule has 1 aromatic carbocycles. The van der Waals surface area contributed by atoms with E-state index in [0.717, 1.165) is 36.0 Å². The van der Waals surface area contributed by atoms with Crippen LogP contribution in [0.15, 0.2) is 42.6 Å². The van der Waals surface area contributed by atoms with Crippen LogP contribution in [-0.2, 0) is 16.1 Å². The molecule has 3 aromatic rings. The summed E-state index contributed by atoms with van der Waals surface area (Å²) in [6.45, 7) is 4.21. The second kappa shape index (κ2) is 7.97. The Bertz CT molecular complexity index is 1070. The van der Waals surface area contributed by atoms with Gasteiger partial charge in [-0.3, -0.25) is 4.79 Å². The number of methoxy groups -OCH3 is 1. The highest BCUT2D eigenvalue weighted by atomic mass is 19.1. The lowest BCUT2D eigenvalue weighted by molar-refractivity contribution is -0.137. The van der Waals surface area contributed by atoms with Gasteiger partial charge >= 0.3 is 5.97 Å². The van der Waals surface area contributed by atoms with Crippen LogP contribution in [0.25, 0.3) is 16.7 Å². The molecule has 2 unspecified atom stereocenters. The Morgan fingerprint density at radius 1 is 1.07 bits per heavy atom. The largest absolute Gasteiger partial charge is 0.464 e. The molecule has 0 radical (unpaired) electrons. The third kappa shape index (κ3) is 3.49. The van der Waals surface area contributed by atoms with Gasteiger partial charge in [-0.1, -0.05) is 0 Å². The van der Waals surface area contributed by atoms with E-state index < -0.39 is 5.97 Å². The fourth-order valence-electron chi connectivity index (χ4n) is 4.54. The first-order valence-corrected chi connectivity index (χ1v) is 10.3. The molecular weight excluding hydrogens is 385 g/mol. The molecule has 3 heterocycles. The maximum Gasteiger partial charge on any atom is 0.354 e. The molecule has 1 fully saturated rings. The van der Waals surface area contributed by atoms with Crippen LogP contribution in [0.4, 0.5) is 4.39 Å². The molecule has 1 aliphatic heterocycles. The van der Waals surface area contributed by atoms with E-state index in [0.29, 0.717) is 5.69 Å². The van der Waals surface area contributed by atoms with E-state index in [2.05, 4.69) is 13.8 Å². The Labute approximate surface area is 174 Å². The van der Waals surface area contributed by atoms with Crippen LogP contribution in [0.2, 0.25) is 0 Å². The molecule has 0 bridgehead atoms. The molecule has 6 nitrogen and oxygen atoms in total. The Balaban J connectivity index is 1.75. The third-order valence-electron chi connectivity index (χ3n) is 6.03. The standard InChI is InChI=1S/C23H26FN3O3/c1-15-5-4-6-16(2)27(15)22(28)14-26-19-11-12-25(18-9-7-17(24)8-10-18)20(19)13-21(26)23(29)30-3/h7-13,15-16H,4-6,14H2,1-3H3. The first kappa shape index (κ1) is 20.2. The van der Waals surface area contributed by atoms with Gasteiger partial charge in [-0.05, 0) is 69.5 Å². The minimum Gasteiger partial charge on any atom is -0.464 e. The maximum atomic E-state index is 13.3. The Morgan fingerprint density at radius 2 is 1.73 bits per heavy atom. The number of likely N-dealkylation sites (tertiary alicyclic amines) is 1. The molecule has 0 spiro atoms. The van der Waals surface area contributed by atoms with Crippen LogP contribution in [0.1, 0.15) is 43.6 Å². The van der Waals surface area contributed by atoms with Gasteiger partial charge < -0.3 is 18.8 Å². The molecule has 4 rings (SSSR count). The lowest BCUT2D eigenvalue weighted by Gasteiger charge is -2.39. The summed E-state index contributed by atoms with van der Waals surface area (Å²) in [5, 5.41) is 0. The summed E-state index contributed by atoms with van der Waals surface area (Å²) in [7, 11) is 1.33. The van der Waals surface area contributed by atoms with E-state index >= 15 is 0 Å². The van der Waals surface area contributed by atoms with Crippen molar-refractivity contribution in [2.75, 3.05) is 7.11 Å². The van der Waals surface area contributed by atoms with Gasteiger partial charge in [-0.2, -0.15) is 0 Å². The number of carbonyl (C=O) groups is 2. The highest BCUT2D eigenvalue weighted by Crippen LogP contribution is 2.27. The molecule has 0 aliphatic carbocycles. The molecule has 158 valence electrons. The summed E-state index contributed by atoms with van der Waals surface area (Å²) in [6, 6.07) is 10.1. The Hall–Kier alpha value is -3.09. The smallest absolute Gasteiger partial charge is 0.354 e. The first-order chi connectivity index (χ1) is 14.4. The minimum absolute atomic E-state index is 0.00751. The normalized spacial score (nSPS) is 19.3. The number of hydrogen-bond acceptors (Lipinski definition) is 3. The minimum atomic E-state index is -0.496. The monoisotopic (exact) mass is 411 g/mol. The van der Waals surface area contributed by atoms with Gasteiger partial charge in [0.05, 0.1) is 18.1 Å². The number of carbonyl (C=O) groups excluding carboxylic acids is 2. The number of halogens is 1. The van der Waals surface area contributed by atoms with Crippen molar-refractivity contribution in [2.45, 2.75) is 51.7 Å². The van der Waals surface area contributed by atoms with Gasteiger partial charge in [-0.25, -0.2) is 9.18 Å². The van der Waals surface area contributed by atoms with Crippen LogP contribution >= 0.6 is 0 Å². The molecule has 30 heavy (non-hydrogen) atoms. The zero-order chi connectivity index (χ0) is 21.4. The lowest BCUT2D eigenvalue weighted by atomic mass is 9.97. The summed E-state index contributed by atoms with van der Waals surface area (Å²) in [5.41, 5.74) is 2.61. The van der Waals surface area contributed by atoms with E-state index in [1.165, 1.54) is 19.2 Å². The Kier molecular flexibility index (Phi) is 5.37. The number of amides is 1. The number of piperidine rings is 1. The quantitative estimate of drug-likeness (QED) is 0.606. The summed E-state index contributed by atoms with van der Waals surface area (Å²) >= 11 is 0. The van der Waals surface area contributed by atoms with Crippen LogP contribution in [0.3, 0.4) is 0 Å². The van der Waals surface area contributed by atoms with E-state index in [1.807, 2.05) is 21.7 Å². The van der Waals surface area contributed by atoms with E-state index in [9.17, 15) is 14.0 Å². The number of hydrogen-bond donors (Lipinski definition) is 0. The van der Waals surface area contributed by atoms with Crippen molar-refractivity contribution in [1.29, 1.82) is 0 Å². The molecule has 2 atom stereocenters. The maximum absolute atomic E-state index is 13.3. The van der Waals surface area contributed by atoms with E-state index in [4.69, 9.17) is 4.74 Å². The summed E-state index contributed by atoms with van der Waals surface area (Å²) < 4.78 is 21.9. The molecule has 0 saturated carbocycles. The van der Waals surface area contributed by atoms with Gasteiger partial charge in [0.1, 0.15) is 18.1 Å². The predicted octanol–water partition coefficient (Wildman–Crippen LogP) is 4.15. The van der Waals surface area contributed by atoms with Crippen molar-refractivity contribution in [3.63, 3.8) is 0 Å². The lowest BCUT2D eigenvalue weighted by Crippen LogP contribution is -2.48. The molecule has 0 N–H and O–H groups in total. The number of fused-ring (bicyclic) bond motifs is 1. The summed E-state index contributed by atoms with van der Waals surface area (Å²) in [4.78, 5) is 27.6. The van der Waals surface area contributed by atoms with Crippen LogP contribution in [-0.4, -0.2) is 45.1 Å². The number of esters is 1. The molecule has 1 aliphatic rings. The molecular formula is C23H26FN3O3. The number of ether oxygens (including phenoxy) is 1. The van der Waals surface area contributed by atoms with Gasteiger partial charge in [0.15, 0.2) is 0 Å². The average molecular weight is 411 g/mol. The fourth-order valence-corrected chi connectivity index (χ4v) is 4.54. The average Bonchev–Trinajstić information content (AvgIpc) is 3.28. The predicted molar refractivity (Wildman–Crippen MR) is 112 cm³/mol. The highest BCUT2D eigenvalue weighted by Gasteiger charge is 2.30. The van der Waals surface area contributed by atoms with Gasteiger partial charge in [0, 0.05) is 24.0 Å². The SMILES string of the molecule is COC(=O)c1cc2c(ccn2-c2ccc(F)cc2)n1CC(=O)N1C(C)CCCC1C. The van der Waals surface area contributed by atoms with Crippen molar-refractivity contribution < 1.29 is 18.7 Å². The second-order valence-corrected chi connectivity index (χ2v) is 7.97. The first-order valence-electron chi connectivity index (χ1n) is 10.3. The van der Waals surface area contributed by atoms with E-state index in [1.54, 1.807) is 22.8 Å². The number of rotatable bonds is 4. The zero-order valence-corrected chi connectivity index (χ0v) is 17.5. The van der Waals surface area contributed by atoms with Gasteiger partial charge in [-0.15, -0.1) is 0 Å². The van der Waals surface area contributed by atoms with Crippen molar-refractivity contribution in [3.8, 4) is 5.69 Å². The summed E-state index contributed by atoms with van der Waals surface area (Å²) in [6.07, 6.45) is 4.95. The number of nitrogens with zero attached hydrogens (tertiary/aromatic N) is 3. The van der Waals surface area contributed by atoms with Crippen molar-refractivity contribution in [1.82, 2.24) is 14.0 Å². The topological polar surface area (TPSA) is 56.5 Å². The van der Waals surface area contributed by atoms with E-state index in [-0.39, 0.29) is 30.4 Å². The zero-order valence-electron chi connectivity index (χ0n) is 17.5. The number of benzene rings is 1. The molecule has 7 heteroatoms. The second-order valence-electron chi connectivity index (χ2n) is 7.97. The van der Waals surface area contributed by atoms with Crippen LogP contribution in [0, 0.1) is 5.82 Å². The molecule has 2 aromatic heterocycles. The van der Waals surface area contributed by atoms with Crippen LogP contribution < -0.4 is 0 Å². The van der Waals surface area contributed by atoms with Crippen LogP contribution in [0.5, 0.6) is 0 Å². The summed E-state index contributed by atoms with van der Waals surface area (Å²) in [5.74, 6) is -0.818. The van der Waals surface area contributed by atoms with Gasteiger partial charge in [0.2, 0.25) is 5.91 Å². The van der Waals surface area contributed by atoms with Crippen molar-refractivity contribution in [2.24, 2.45) is 0 Å². The number of aromatic nitrogens is 2. The molecule has 1 saturated heterocycles. The fraction of sp³-hybridized carbons (Fsp3) is 0.391. The molecule has 1 amide bonds. The van der Waals surface area contributed by atoms with Gasteiger partial charge in [0.25, 0.3) is 0 Å². The third-order valence-corrected chi connectivity index (χ3v) is 6.03. The van der Waals surface area contributed by atoms with Crippen molar-refractivity contribution in [3.05, 3.63) is 54.1 Å². The highest BCUT2D eigenvalue weighted by molar-refractivity contribution is 5.96. The Morgan fingerprint density at radius 3 is 2.37 bits per heavy atom. The van der Waals surface area contributed by atoms with Crippen molar-refractivity contribution >= 4 is 22.9 Å².